The van der Waals surface area contributed by atoms with Crippen molar-refractivity contribution < 1.29 is 19.8 Å². The monoisotopic (exact) mass is 418 g/mol. The summed E-state index contributed by atoms with van der Waals surface area (Å²) in [5.41, 5.74) is 5.27. The number of halogens is 1. The van der Waals surface area contributed by atoms with Crippen molar-refractivity contribution in [2.45, 2.75) is 37.2 Å². The summed E-state index contributed by atoms with van der Waals surface area (Å²) < 4.78 is 7.70. The van der Waals surface area contributed by atoms with E-state index in [2.05, 4.69) is 15.4 Å². The number of nitrogens with zero attached hydrogens (tertiary/aromatic N) is 3. The molecule has 9 heteroatoms. The summed E-state index contributed by atoms with van der Waals surface area (Å²) >= 11 is 6.68. The van der Waals surface area contributed by atoms with Crippen molar-refractivity contribution in [3.05, 3.63) is 42.9 Å². The van der Waals surface area contributed by atoms with Crippen LogP contribution in [0.25, 0.3) is 22.2 Å². The van der Waals surface area contributed by atoms with Crippen molar-refractivity contribution in [2.75, 3.05) is 18.7 Å². The van der Waals surface area contributed by atoms with Crippen LogP contribution in [-0.4, -0.2) is 55.0 Å². The number of nitrogens with one attached hydrogen (secondary N) is 1. The normalized spacial score (nSPS) is 26.9. The third kappa shape index (κ3) is 3.37. The van der Waals surface area contributed by atoms with E-state index < -0.39 is 23.3 Å². The number of benzene rings is 1. The van der Waals surface area contributed by atoms with Gasteiger partial charge in [-0.3, -0.25) is 4.84 Å². The number of hydrogen-bond donors (Lipinski definition) is 3. The summed E-state index contributed by atoms with van der Waals surface area (Å²) in [6.07, 6.45) is 0.729. The van der Waals surface area contributed by atoms with Gasteiger partial charge in [0.15, 0.2) is 12.0 Å². The van der Waals surface area contributed by atoms with Gasteiger partial charge in [0, 0.05) is 11.8 Å². The Labute approximate surface area is 173 Å². The van der Waals surface area contributed by atoms with Crippen LogP contribution in [0.5, 0.6) is 0 Å². The first kappa shape index (κ1) is 20.1. The van der Waals surface area contributed by atoms with Gasteiger partial charge in [-0.2, -0.15) is 0 Å². The SMILES string of the molecule is CCONc1ncnc2c1c(-c1ccccc1)cn2[C@@H]1OC(CO)C(O)[C@@]1(C)Cl. The molecular weight excluding hydrogens is 396 g/mol. The van der Waals surface area contributed by atoms with Gasteiger partial charge < -0.3 is 19.5 Å². The van der Waals surface area contributed by atoms with E-state index in [0.29, 0.717) is 18.1 Å². The van der Waals surface area contributed by atoms with E-state index in [9.17, 15) is 10.2 Å². The molecule has 4 rings (SSSR count). The highest BCUT2D eigenvalue weighted by atomic mass is 35.5. The van der Waals surface area contributed by atoms with Gasteiger partial charge in [0.25, 0.3) is 0 Å². The molecule has 1 fully saturated rings. The number of fused-ring (bicyclic) bond motifs is 1. The number of alkyl halides is 1. The molecule has 1 aliphatic heterocycles. The maximum Gasteiger partial charge on any atom is 0.163 e. The number of anilines is 1. The van der Waals surface area contributed by atoms with E-state index in [1.165, 1.54) is 6.33 Å². The highest BCUT2D eigenvalue weighted by Gasteiger charge is 2.53. The average Bonchev–Trinajstić information content (AvgIpc) is 3.22. The van der Waals surface area contributed by atoms with Crippen LogP contribution in [0.3, 0.4) is 0 Å². The summed E-state index contributed by atoms with van der Waals surface area (Å²) in [5, 5.41) is 20.8. The van der Waals surface area contributed by atoms with Gasteiger partial charge in [0.1, 0.15) is 29.1 Å². The molecule has 8 nitrogen and oxygen atoms in total. The number of aliphatic hydroxyl groups excluding tert-OH is 2. The molecule has 0 amide bonds. The van der Waals surface area contributed by atoms with E-state index >= 15 is 0 Å². The lowest BCUT2D eigenvalue weighted by molar-refractivity contribution is -0.0439. The topological polar surface area (TPSA) is 102 Å². The van der Waals surface area contributed by atoms with E-state index in [-0.39, 0.29) is 6.61 Å². The minimum atomic E-state index is -1.16. The van der Waals surface area contributed by atoms with Gasteiger partial charge >= 0.3 is 0 Å². The molecule has 2 unspecified atom stereocenters. The molecule has 3 aromatic rings. The largest absolute Gasteiger partial charge is 0.394 e. The van der Waals surface area contributed by atoms with Crippen LogP contribution >= 0.6 is 11.6 Å². The smallest absolute Gasteiger partial charge is 0.163 e. The third-order valence-electron chi connectivity index (χ3n) is 5.16. The summed E-state index contributed by atoms with van der Waals surface area (Å²) in [6.45, 7) is 3.68. The summed E-state index contributed by atoms with van der Waals surface area (Å²) in [5.74, 6) is 0.517. The summed E-state index contributed by atoms with van der Waals surface area (Å²) in [6, 6.07) is 9.80. The first-order valence-electron chi connectivity index (χ1n) is 9.41. The fourth-order valence-electron chi connectivity index (χ4n) is 3.68. The molecule has 3 N–H and O–H groups in total. The Morgan fingerprint density at radius 3 is 2.72 bits per heavy atom. The number of aliphatic hydroxyl groups is 2. The lowest BCUT2D eigenvalue weighted by Crippen LogP contribution is -2.39. The predicted molar refractivity (Wildman–Crippen MR) is 109 cm³/mol. The second-order valence-electron chi connectivity index (χ2n) is 7.08. The van der Waals surface area contributed by atoms with Crippen LogP contribution in [0.4, 0.5) is 5.82 Å². The van der Waals surface area contributed by atoms with Crippen LogP contribution in [0.2, 0.25) is 0 Å². The first-order chi connectivity index (χ1) is 14.0. The minimum Gasteiger partial charge on any atom is -0.394 e. The van der Waals surface area contributed by atoms with Crippen LogP contribution < -0.4 is 5.48 Å². The maximum absolute atomic E-state index is 10.5. The van der Waals surface area contributed by atoms with Crippen molar-refractivity contribution in [1.82, 2.24) is 14.5 Å². The Hall–Kier alpha value is -2.23. The molecule has 154 valence electrons. The Balaban J connectivity index is 1.92. The molecule has 1 aromatic carbocycles. The van der Waals surface area contributed by atoms with Crippen molar-refractivity contribution in [3.8, 4) is 11.1 Å². The fourth-order valence-corrected chi connectivity index (χ4v) is 3.98. The standard InChI is InChI=1S/C20H23ClN4O4/c1-3-28-24-17-15-13(12-7-5-4-6-8-12)9-25(18(15)23-11-22-17)19-20(2,21)16(27)14(10-26)29-19/h4-9,11,14,16,19,26-27H,3,10H2,1-2H3,(H,22,23,24)/t14?,16?,19-,20-/m1/s1. The maximum atomic E-state index is 10.5. The highest BCUT2D eigenvalue weighted by Crippen LogP contribution is 2.46. The highest BCUT2D eigenvalue weighted by molar-refractivity contribution is 6.24. The fraction of sp³-hybridized carbons (Fsp3) is 0.400. The van der Waals surface area contributed by atoms with Gasteiger partial charge in [-0.25, -0.2) is 15.4 Å². The average molecular weight is 419 g/mol. The number of rotatable bonds is 6. The van der Waals surface area contributed by atoms with Crippen LogP contribution in [0, 0.1) is 0 Å². The second-order valence-corrected chi connectivity index (χ2v) is 7.89. The Kier molecular flexibility index (Phi) is 5.46. The van der Waals surface area contributed by atoms with Gasteiger partial charge in [0.05, 0.1) is 18.6 Å². The Morgan fingerprint density at radius 2 is 2.07 bits per heavy atom. The van der Waals surface area contributed by atoms with Crippen molar-refractivity contribution in [2.24, 2.45) is 0 Å². The third-order valence-corrected chi connectivity index (χ3v) is 5.57. The quantitative estimate of drug-likeness (QED) is 0.418. The molecule has 4 atom stereocenters. The van der Waals surface area contributed by atoms with Crippen molar-refractivity contribution in [1.29, 1.82) is 0 Å². The molecule has 3 heterocycles. The lowest BCUT2D eigenvalue weighted by Gasteiger charge is -2.26. The molecule has 0 aliphatic carbocycles. The first-order valence-corrected chi connectivity index (χ1v) is 9.78. The Morgan fingerprint density at radius 1 is 1.31 bits per heavy atom. The van der Waals surface area contributed by atoms with E-state index in [1.807, 2.05) is 43.5 Å². The second kappa shape index (κ2) is 7.89. The zero-order chi connectivity index (χ0) is 20.6. The van der Waals surface area contributed by atoms with E-state index in [0.717, 1.165) is 16.5 Å². The summed E-state index contributed by atoms with van der Waals surface area (Å²) in [4.78, 5) is 13.0. The molecule has 0 spiro atoms. The lowest BCUT2D eigenvalue weighted by atomic mass is 10.0. The minimum absolute atomic E-state index is 0.336. The van der Waals surface area contributed by atoms with Crippen LogP contribution in [-0.2, 0) is 9.57 Å². The predicted octanol–water partition coefficient (Wildman–Crippen LogP) is 2.71. The van der Waals surface area contributed by atoms with Crippen LogP contribution in [0.15, 0.2) is 42.9 Å². The van der Waals surface area contributed by atoms with Gasteiger partial charge in [0.2, 0.25) is 0 Å². The molecule has 1 aliphatic rings. The zero-order valence-corrected chi connectivity index (χ0v) is 16.9. The van der Waals surface area contributed by atoms with Crippen LogP contribution in [0.1, 0.15) is 20.1 Å². The van der Waals surface area contributed by atoms with Crippen molar-refractivity contribution in [3.63, 3.8) is 0 Å². The van der Waals surface area contributed by atoms with E-state index in [4.69, 9.17) is 21.2 Å². The van der Waals surface area contributed by atoms with Crippen molar-refractivity contribution >= 4 is 28.5 Å². The molecule has 1 saturated heterocycles. The Bertz CT molecular complexity index is 995. The number of ether oxygens (including phenoxy) is 1. The zero-order valence-electron chi connectivity index (χ0n) is 16.1. The van der Waals surface area contributed by atoms with Gasteiger partial charge in [-0.05, 0) is 19.4 Å². The molecular formula is C20H23ClN4O4. The molecule has 0 saturated carbocycles. The van der Waals surface area contributed by atoms with E-state index in [1.54, 1.807) is 11.5 Å². The molecule has 0 radical (unpaired) electrons. The van der Waals surface area contributed by atoms with Gasteiger partial charge in [-0.15, -0.1) is 11.6 Å². The summed E-state index contributed by atoms with van der Waals surface area (Å²) in [7, 11) is 0. The van der Waals surface area contributed by atoms with Gasteiger partial charge in [-0.1, -0.05) is 30.3 Å². The number of hydrogen-bond acceptors (Lipinski definition) is 7. The molecule has 0 bridgehead atoms. The molecule has 2 aromatic heterocycles. The molecule has 29 heavy (non-hydrogen) atoms. The number of aromatic nitrogens is 3.